The van der Waals surface area contributed by atoms with Crippen LogP contribution in [-0.4, -0.2) is 36.6 Å². The molecule has 3 atom stereocenters. The van der Waals surface area contributed by atoms with Gasteiger partial charge in [0.1, 0.15) is 11.6 Å². The Balaban J connectivity index is 1.64. The van der Waals surface area contributed by atoms with Crippen molar-refractivity contribution in [1.29, 1.82) is 0 Å². The van der Waals surface area contributed by atoms with Gasteiger partial charge in [0.15, 0.2) is 0 Å². The lowest BCUT2D eigenvalue weighted by Gasteiger charge is -2.41. The van der Waals surface area contributed by atoms with Crippen molar-refractivity contribution in [2.24, 2.45) is 23.7 Å². The van der Waals surface area contributed by atoms with E-state index in [-0.39, 0.29) is 17.5 Å². The van der Waals surface area contributed by atoms with Crippen LogP contribution < -0.4 is 0 Å². The normalized spacial score (nSPS) is 37.4. The number of carbonyl (C=O) groups excluding carboxylic acids is 2. The van der Waals surface area contributed by atoms with E-state index in [1.807, 2.05) is 0 Å². The number of hydrogen-bond acceptors (Lipinski definition) is 3. The maximum Gasteiger partial charge on any atom is 0.143 e. The van der Waals surface area contributed by atoms with Gasteiger partial charge in [-0.15, -0.1) is 0 Å². The zero-order valence-electron chi connectivity index (χ0n) is 11.2. The third-order valence-electron chi connectivity index (χ3n) is 5.06. The number of ketones is 2. The second-order valence-corrected chi connectivity index (χ2v) is 6.64. The number of likely N-dealkylation sites (tertiary alicyclic amines) is 1. The van der Waals surface area contributed by atoms with Gasteiger partial charge in [-0.3, -0.25) is 9.59 Å². The summed E-state index contributed by atoms with van der Waals surface area (Å²) in [6, 6.07) is 0. The molecule has 0 bridgehead atoms. The highest BCUT2D eigenvalue weighted by atomic mass is 16.1. The minimum atomic E-state index is -0.252. The first kappa shape index (κ1) is 12.3. The molecule has 3 nitrogen and oxygen atoms in total. The Labute approximate surface area is 109 Å². The van der Waals surface area contributed by atoms with Gasteiger partial charge in [0.05, 0.1) is 5.92 Å². The molecule has 3 heteroatoms. The van der Waals surface area contributed by atoms with Crippen molar-refractivity contribution in [3.8, 4) is 0 Å². The van der Waals surface area contributed by atoms with Gasteiger partial charge in [-0.05, 0) is 57.0 Å². The van der Waals surface area contributed by atoms with E-state index in [2.05, 4.69) is 11.9 Å². The van der Waals surface area contributed by atoms with Gasteiger partial charge in [0.25, 0.3) is 0 Å². The number of Topliss-reactive ketones (excluding diaryl/α,β-unsaturated/α-hetero) is 2. The fraction of sp³-hybridized carbons (Fsp3) is 0.867. The summed E-state index contributed by atoms with van der Waals surface area (Å²) in [4.78, 5) is 26.7. The predicted octanol–water partition coefficient (Wildman–Crippen LogP) is 1.90. The zero-order valence-corrected chi connectivity index (χ0v) is 11.2. The van der Waals surface area contributed by atoms with E-state index in [1.54, 1.807) is 0 Å². The maximum atomic E-state index is 12.2. The zero-order chi connectivity index (χ0) is 12.7. The number of nitrogens with zero attached hydrogens (tertiary/aromatic N) is 1. The Morgan fingerprint density at radius 1 is 1.28 bits per heavy atom. The molecule has 3 aliphatic rings. The van der Waals surface area contributed by atoms with Crippen molar-refractivity contribution >= 4 is 11.6 Å². The molecule has 0 radical (unpaired) electrons. The Kier molecular flexibility index (Phi) is 3.27. The molecule has 100 valence electrons. The number of piperidine rings is 1. The van der Waals surface area contributed by atoms with Crippen LogP contribution in [0.2, 0.25) is 0 Å². The third-order valence-corrected chi connectivity index (χ3v) is 5.06. The Morgan fingerprint density at radius 2 is 2.06 bits per heavy atom. The van der Waals surface area contributed by atoms with Crippen molar-refractivity contribution in [3.05, 3.63) is 0 Å². The highest BCUT2D eigenvalue weighted by Crippen LogP contribution is 2.40. The molecular weight excluding hydrogens is 226 g/mol. The molecule has 1 heterocycles. The van der Waals surface area contributed by atoms with Crippen molar-refractivity contribution in [1.82, 2.24) is 4.90 Å². The van der Waals surface area contributed by atoms with E-state index in [1.165, 1.54) is 12.8 Å². The molecule has 0 spiro atoms. The lowest BCUT2D eigenvalue weighted by Crippen LogP contribution is -2.45. The lowest BCUT2D eigenvalue weighted by atomic mass is 9.69. The number of carbonyl (C=O) groups is 2. The molecule has 0 aromatic heterocycles. The van der Waals surface area contributed by atoms with Crippen molar-refractivity contribution in [2.45, 2.75) is 38.5 Å². The monoisotopic (exact) mass is 249 g/mol. The first-order chi connectivity index (χ1) is 8.63. The molecule has 3 rings (SSSR count). The van der Waals surface area contributed by atoms with E-state index in [9.17, 15) is 9.59 Å². The fourth-order valence-electron chi connectivity index (χ4n) is 3.69. The van der Waals surface area contributed by atoms with Crippen LogP contribution in [0.5, 0.6) is 0 Å². The molecule has 1 unspecified atom stereocenters. The van der Waals surface area contributed by atoms with Crippen LogP contribution in [0, 0.1) is 23.7 Å². The van der Waals surface area contributed by atoms with Crippen LogP contribution in [0.15, 0.2) is 0 Å². The molecule has 0 N–H and O–H groups in total. The van der Waals surface area contributed by atoms with Gasteiger partial charge in [-0.1, -0.05) is 0 Å². The van der Waals surface area contributed by atoms with E-state index in [4.69, 9.17) is 0 Å². The van der Waals surface area contributed by atoms with Gasteiger partial charge >= 0.3 is 0 Å². The highest BCUT2D eigenvalue weighted by Gasteiger charge is 2.42. The molecule has 1 aliphatic heterocycles. The van der Waals surface area contributed by atoms with Crippen LogP contribution in [0.4, 0.5) is 0 Å². The van der Waals surface area contributed by atoms with Gasteiger partial charge in [0, 0.05) is 19.4 Å². The third kappa shape index (κ3) is 2.51. The van der Waals surface area contributed by atoms with Crippen LogP contribution in [0.25, 0.3) is 0 Å². The highest BCUT2D eigenvalue weighted by molar-refractivity contribution is 6.03. The van der Waals surface area contributed by atoms with Gasteiger partial charge in [-0.25, -0.2) is 0 Å². The first-order valence-electron chi connectivity index (χ1n) is 7.37. The Morgan fingerprint density at radius 3 is 2.78 bits per heavy atom. The smallest absolute Gasteiger partial charge is 0.143 e. The predicted molar refractivity (Wildman–Crippen MR) is 69.2 cm³/mol. The quantitative estimate of drug-likeness (QED) is 0.717. The Bertz CT molecular complexity index is 362. The van der Waals surface area contributed by atoms with Crippen LogP contribution in [0.3, 0.4) is 0 Å². The van der Waals surface area contributed by atoms with E-state index in [0.29, 0.717) is 30.6 Å². The van der Waals surface area contributed by atoms with Gasteiger partial charge in [-0.2, -0.15) is 0 Å². The SMILES string of the molecule is CN1CC[C@H]2CC(=O)C(C(=O)CC3CC3)C[C@@H]2C1. The molecule has 0 aromatic carbocycles. The summed E-state index contributed by atoms with van der Waals surface area (Å²) < 4.78 is 0. The average Bonchev–Trinajstić information content (AvgIpc) is 3.12. The van der Waals surface area contributed by atoms with Crippen molar-refractivity contribution in [3.63, 3.8) is 0 Å². The molecule has 2 aliphatic carbocycles. The molecule has 1 saturated heterocycles. The summed E-state index contributed by atoms with van der Waals surface area (Å²) in [6.45, 7) is 2.18. The first-order valence-corrected chi connectivity index (χ1v) is 7.37. The summed E-state index contributed by atoms with van der Waals surface area (Å²) >= 11 is 0. The van der Waals surface area contributed by atoms with Crippen molar-refractivity contribution < 1.29 is 9.59 Å². The average molecular weight is 249 g/mol. The second-order valence-electron chi connectivity index (χ2n) is 6.64. The Hall–Kier alpha value is -0.700. The van der Waals surface area contributed by atoms with Crippen LogP contribution in [0.1, 0.15) is 38.5 Å². The topological polar surface area (TPSA) is 37.4 Å². The number of fused-ring (bicyclic) bond motifs is 1. The summed E-state index contributed by atoms with van der Waals surface area (Å²) in [6.07, 6.45) is 5.70. The largest absolute Gasteiger partial charge is 0.306 e. The van der Waals surface area contributed by atoms with E-state index >= 15 is 0 Å². The molecule has 18 heavy (non-hydrogen) atoms. The molecule has 3 fully saturated rings. The standard InChI is InChI=1S/C15H23NO2/c1-16-5-4-11-8-15(18)13(7-12(11)9-16)14(17)6-10-2-3-10/h10-13H,2-9H2,1H3/t11-,12+,13?/m0/s1. The molecule has 2 saturated carbocycles. The molecular formula is C15H23NO2. The van der Waals surface area contributed by atoms with Crippen LogP contribution in [-0.2, 0) is 9.59 Å². The summed E-state index contributed by atoms with van der Waals surface area (Å²) in [5.74, 6) is 1.98. The molecule has 0 amide bonds. The van der Waals surface area contributed by atoms with Gasteiger partial charge < -0.3 is 4.90 Å². The summed E-state index contributed by atoms with van der Waals surface area (Å²) in [5, 5.41) is 0. The molecule has 0 aromatic rings. The lowest BCUT2D eigenvalue weighted by molar-refractivity contribution is -0.138. The van der Waals surface area contributed by atoms with Crippen molar-refractivity contribution in [2.75, 3.05) is 20.1 Å². The number of rotatable bonds is 3. The fourth-order valence-corrected chi connectivity index (χ4v) is 3.69. The van der Waals surface area contributed by atoms with E-state index < -0.39 is 0 Å². The summed E-state index contributed by atoms with van der Waals surface area (Å²) in [7, 11) is 2.15. The second kappa shape index (κ2) is 4.76. The van der Waals surface area contributed by atoms with E-state index in [0.717, 1.165) is 25.9 Å². The number of hydrogen-bond donors (Lipinski definition) is 0. The maximum absolute atomic E-state index is 12.2. The van der Waals surface area contributed by atoms with Gasteiger partial charge in [0.2, 0.25) is 0 Å². The summed E-state index contributed by atoms with van der Waals surface area (Å²) in [5.41, 5.74) is 0. The minimum Gasteiger partial charge on any atom is -0.306 e. The minimum absolute atomic E-state index is 0.242. The van der Waals surface area contributed by atoms with Crippen LogP contribution >= 0.6 is 0 Å².